The lowest BCUT2D eigenvalue weighted by Gasteiger charge is -2.26. The first-order valence-corrected chi connectivity index (χ1v) is 8.40. The molecule has 1 aliphatic carbocycles. The van der Waals surface area contributed by atoms with Crippen LogP contribution in [0.1, 0.15) is 25.0 Å². The van der Waals surface area contributed by atoms with Gasteiger partial charge in [-0.25, -0.2) is 9.97 Å². The maximum absolute atomic E-state index is 5.54. The molecule has 120 valence electrons. The highest BCUT2D eigenvalue weighted by Crippen LogP contribution is 2.33. The molecule has 2 fully saturated rings. The first kappa shape index (κ1) is 14.6. The van der Waals surface area contributed by atoms with Crippen LogP contribution in [0.25, 0.3) is 11.4 Å². The molecule has 0 aromatic carbocycles. The van der Waals surface area contributed by atoms with Crippen molar-refractivity contribution in [2.45, 2.75) is 32.2 Å². The van der Waals surface area contributed by atoms with Gasteiger partial charge in [0.1, 0.15) is 5.82 Å². The third kappa shape index (κ3) is 3.34. The van der Waals surface area contributed by atoms with Crippen molar-refractivity contribution in [1.82, 2.24) is 15.0 Å². The van der Waals surface area contributed by atoms with Crippen LogP contribution >= 0.6 is 0 Å². The number of hydrogen-bond acceptors (Lipinski definition) is 5. The number of aryl methyl sites for hydroxylation is 1. The molecule has 0 bridgehead atoms. The molecule has 2 aliphatic rings. The summed E-state index contributed by atoms with van der Waals surface area (Å²) >= 11 is 0. The third-order valence-electron chi connectivity index (χ3n) is 4.54. The van der Waals surface area contributed by atoms with E-state index in [1.54, 1.807) is 12.4 Å². The average molecular weight is 310 g/mol. The number of nitrogens with zero attached hydrogens (tertiary/aromatic N) is 4. The van der Waals surface area contributed by atoms with Gasteiger partial charge in [-0.3, -0.25) is 4.98 Å². The summed E-state index contributed by atoms with van der Waals surface area (Å²) in [5, 5.41) is 0. The number of aromatic nitrogens is 3. The summed E-state index contributed by atoms with van der Waals surface area (Å²) in [6.07, 6.45) is 7.26. The van der Waals surface area contributed by atoms with Crippen LogP contribution in [0.5, 0.6) is 0 Å². The van der Waals surface area contributed by atoms with Gasteiger partial charge < -0.3 is 9.64 Å². The lowest BCUT2D eigenvalue weighted by atomic mass is 10.1. The standard InChI is InChI=1S/C18H22N4O/c1-13-10-17(21-18(20-13)15-4-7-19-8-5-15)22(16-2-3-16)11-14-6-9-23-12-14/h4-5,7-8,10,14,16H,2-3,6,9,11-12H2,1H3/t14-/m1/s1. The van der Waals surface area contributed by atoms with Crippen molar-refractivity contribution in [3.63, 3.8) is 0 Å². The molecular formula is C18H22N4O. The quantitative estimate of drug-likeness (QED) is 0.850. The molecule has 1 saturated heterocycles. The number of hydrogen-bond donors (Lipinski definition) is 0. The van der Waals surface area contributed by atoms with Gasteiger partial charge in [0.15, 0.2) is 5.82 Å². The zero-order valence-electron chi connectivity index (χ0n) is 13.5. The second-order valence-electron chi connectivity index (χ2n) is 6.54. The van der Waals surface area contributed by atoms with Crippen molar-refractivity contribution in [2.75, 3.05) is 24.7 Å². The predicted octanol–water partition coefficient (Wildman–Crippen LogP) is 2.85. The molecule has 5 heteroatoms. The van der Waals surface area contributed by atoms with Gasteiger partial charge in [-0.2, -0.15) is 0 Å². The van der Waals surface area contributed by atoms with Crippen LogP contribution in [0.15, 0.2) is 30.6 Å². The van der Waals surface area contributed by atoms with Gasteiger partial charge in [0.05, 0.1) is 6.61 Å². The molecule has 0 amide bonds. The number of ether oxygens (including phenoxy) is 1. The molecule has 1 aliphatic heterocycles. The Morgan fingerprint density at radius 2 is 2.00 bits per heavy atom. The van der Waals surface area contributed by atoms with Crippen molar-refractivity contribution in [3.8, 4) is 11.4 Å². The van der Waals surface area contributed by atoms with Gasteiger partial charge in [-0.1, -0.05) is 0 Å². The van der Waals surface area contributed by atoms with E-state index < -0.39 is 0 Å². The van der Waals surface area contributed by atoms with Gasteiger partial charge in [0.25, 0.3) is 0 Å². The van der Waals surface area contributed by atoms with Crippen LogP contribution in [-0.2, 0) is 4.74 Å². The second-order valence-corrected chi connectivity index (χ2v) is 6.54. The van der Waals surface area contributed by atoms with Crippen LogP contribution in [0.3, 0.4) is 0 Å². The Kier molecular flexibility index (Phi) is 3.95. The van der Waals surface area contributed by atoms with E-state index in [2.05, 4.69) is 20.9 Å². The third-order valence-corrected chi connectivity index (χ3v) is 4.54. The van der Waals surface area contributed by atoms with Crippen LogP contribution in [-0.4, -0.2) is 40.8 Å². The van der Waals surface area contributed by atoms with Crippen LogP contribution in [0.4, 0.5) is 5.82 Å². The molecule has 0 unspecified atom stereocenters. The molecule has 2 aromatic rings. The molecule has 5 nitrogen and oxygen atoms in total. The van der Waals surface area contributed by atoms with E-state index >= 15 is 0 Å². The Balaban J connectivity index is 1.64. The Labute approximate surface area is 136 Å². The summed E-state index contributed by atoms with van der Waals surface area (Å²) in [4.78, 5) is 16.0. The van der Waals surface area contributed by atoms with E-state index in [0.29, 0.717) is 12.0 Å². The zero-order valence-corrected chi connectivity index (χ0v) is 13.5. The number of rotatable bonds is 5. The highest BCUT2D eigenvalue weighted by molar-refractivity contribution is 5.57. The summed E-state index contributed by atoms with van der Waals surface area (Å²) in [5.74, 6) is 2.46. The minimum Gasteiger partial charge on any atom is -0.381 e. The van der Waals surface area contributed by atoms with E-state index in [1.165, 1.54) is 12.8 Å². The number of anilines is 1. The summed E-state index contributed by atoms with van der Waals surface area (Å²) in [6, 6.07) is 6.67. The molecule has 2 aromatic heterocycles. The van der Waals surface area contributed by atoms with Gasteiger partial charge >= 0.3 is 0 Å². The highest BCUT2D eigenvalue weighted by atomic mass is 16.5. The fourth-order valence-electron chi connectivity index (χ4n) is 3.15. The molecule has 3 heterocycles. The van der Waals surface area contributed by atoms with Crippen LogP contribution in [0, 0.1) is 12.8 Å². The van der Waals surface area contributed by atoms with E-state index in [9.17, 15) is 0 Å². The smallest absolute Gasteiger partial charge is 0.161 e. The van der Waals surface area contributed by atoms with Crippen LogP contribution < -0.4 is 4.90 Å². The Hall–Kier alpha value is -2.01. The highest BCUT2D eigenvalue weighted by Gasteiger charge is 2.33. The lowest BCUT2D eigenvalue weighted by molar-refractivity contribution is 0.186. The minimum atomic E-state index is 0.621. The minimum absolute atomic E-state index is 0.621. The van der Waals surface area contributed by atoms with Crippen LogP contribution in [0.2, 0.25) is 0 Å². The maximum Gasteiger partial charge on any atom is 0.161 e. The first-order valence-electron chi connectivity index (χ1n) is 8.40. The fraction of sp³-hybridized carbons (Fsp3) is 0.500. The van der Waals surface area contributed by atoms with E-state index in [1.807, 2.05) is 19.1 Å². The summed E-state index contributed by atoms with van der Waals surface area (Å²) in [6.45, 7) is 4.86. The average Bonchev–Trinajstić information content (AvgIpc) is 3.29. The topological polar surface area (TPSA) is 51.1 Å². The second kappa shape index (κ2) is 6.24. The van der Waals surface area contributed by atoms with Crippen molar-refractivity contribution in [2.24, 2.45) is 5.92 Å². The number of pyridine rings is 1. The first-order chi connectivity index (χ1) is 11.3. The Morgan fingerprint density at radius 1 is 1.17 bits per heavy atom. The summed E-state index contributed by atoms with van der Waals surface area (Å²) in [5.41, 5.74) is 2.03. The van der Waals surface area contributed by atoms with E-state index in [-0.39, 0.29) is 0 Å². The van der Waals surface area contributed by atoms with Gasteiger partial charge in [-0.05, 0) is 38.3 Å². The molecule has 1 saturated carbocycles. The Morgan fingerprint density at radius 3 is 2.70 bits per heavy atom. The Bertz CT molecular complexity index is 666. The zero-order chi connectivity index (χ0) is 15.6. The van der Waals surface area contributed by atoms with Crippen molar-refractivity contribution < 1.29 is 4.74 Å². The van der Waals surface area contributed by atoms with Gasteiger partial charge in [0.2, 0.25) is 0 Å². The van der Waals surface area contributed by atoms with Crippen molar-refractivity contribution in [3.05, 3.63) is 36.3 Å². The van der Waals surface area contributed by atoms with Crippen molar-refractivity contribution in [1.29, 1.82) is 0 Å². The molecule has 0 N–H and O–H groups in total. The van der Waals surface area contributed by atoms with E-state index in [4.69, 9.17) is 9.72 Å². The molecule has 1 atom stereocenters. The fourth-order valence-corrected chi connectivity index (χ4v) is 3.15. The molecule has 4 rings (SSSR count). The predicted molar refractivity (Wildman–Crippen MR) is 89.3 cm³/mol. The summed E-state index contributed by atoms with van der Waals surface area (Å²) in [7, 11) is 0. The summed E-state index contributed by atoms with van der Waals surface area (Å²) < 4.78 is 5.54. The van der Waals surface area contributed by atoms with Gasteiger partial charge in [-0.15, -0.1) is 0 Å². The van der Waals surface area contributed by atoms with Gasteiger partial charge in [0, 0.05) is 54.8 Å². The molecule has 0 spiro atoms. The largest absolute Gasteiger partial charge is 0.381 e. The molecule has 0 radical (unpaired) electrons. The molecule has 23 heavy (non-hydrogen) atoms. The lowest BCUT2D eigenvalue weighted by Crippen LogP contribution is -2.32. The van der Waals surface area contributed by atoms with Crippen molar-refractivity contribution >= 4 is 5.82 Å². The van der Waals surface area contributed by atoms with E-state index in [0.717, 1.165) is 49.1 Å². The maximum atomic E-state index is 5.54. The normalized spacial score (nSPS) is 20.7. The molecular weight excluding hydrogens is 288 g/mol. The SMILES string of the molecule is Cc1cc(N(C[C@H]2CCOC2)C2CC2)nc(-c2ccncc2)n1. The monoisotopic (exact) mass is 310 g/mol.